The average Bonchev–Trinajstić information content (AvgIpc) is 4.10. The molecule has 0 saturated carbocycles. The van der Waals surface area contributed by atoms with Gasteiger partial charge in [-0.25, -0.2) is 9.18 Å². The molecule has 8 nitrogen and oxygen atoms in total. The van der Waals surface area contributed by atoms with Gasteiger partial charge in [0.15, 0.2) is 18.2 Å². The first-order valence-corrected chi connectivity index (χ1v) is 23.2. The summed E-state index contributed by atoms with van der Waals surface area (Å²) in [5, 5.41) is 0.624. The van der Waals surface area contributed by atoms with E-state index in [1.807, 2.05) is 59.6 Å². The van der Waals surface area contributed by atoms with Gasteiger partial charge in [-0.05, 0) is 41.5 Å². The number of pyridine rings is 1. The highest BCUT2D eigenvalue weighted by Crippen LogP contribution is 2.42. The maximum absolute atomic E-state index is 14.1. The van der Waals surface area contributed by atoms with E-state index in [0.717, 1.165) is 22.4 Å². The van der Waals surface area contributed by atoms with Crippen molar-refractivity contribution < 1.29 is 28.1 Å². The Morgan fingerprint density at radius 2 is 1.25 bits per heavy atom. The lowest BCUT2D eigenvalue weighted by molar-refractivity contribution is -0.727. The number of amides is 1. The second-order valence-corrected chi connectivity index (χ2v) is 17.9. The van der Waals surface area contributed by atoms with Crippen molar-refractivity contribution in [2.24, 2.45) is 0 Å². The molecule has 1 amide bonds. The largest absolute Gasteiger partial charge is 0.405 e. The lowest BCUT2D eigenvalue weighted by atomic mass is 9.13. The van der Waals surface area contributed by atoms with Crippen LogP contribution in [0.5, 0.6) is 0 Å². The minimum Gasteiger partial charge on any atom is -0.405 e. The molecule has 0 saturated heterocycles. The predicted molar refractivity (Wildman–Crippen MR) is 268 cm³/mol. The Hall–Kier alpha value is -7.76. The third-order valence-electron chi connectivity index (χ3n) is 12.5. The second-order valence-electron chi connectivity index (χ2n) is 16.8. The van der Waals surface area contributed by atoms with E-state index in [0.29, 0.717) is 27.8 Å². The highest BCUT2D eigenvalue weighted by molar-refractivity contribution is 7.99. The molecule has 0 fully saturated rings. The Morgan fingerprint density at radius 1 is 0.701 bits per heavy atom. The number of halogens is 1. The summed E-state index contributed by atoms with van der Waals surface area (Å²) in [6.07, 6.45) is 6.10. The molecule has 1 atom stereocenters. The van der Waals surface area contributed by atoms with Crippen molar-refractivity contribution in [1.82, 2.24) is 14.0 Å². The highest BCUT2D eigenvalue weighted by atomic mass is 32.2. The van der Waals surface area contributed by atoms with Crippen LogP contribution in [0.15, 0.2) is 207 Å². The summed E-state index contributed by atoms with van der Waals surface area (Å²) in [4.78, 5) is 39.9. The number of carbonyl (C=O) groups is 3. The molecule has 1 aliphatic heterocycles. The molecule has 0 N–H and O–H groups in total. The van der Waals surface area contributed by atoms with Crippen molar-refractivity contribution in [3.63, 3.8) is 0 Å². The normalized spacial score (nSPS) is 13.0. The van der Waals surface area contributed by atoms with Crippen molar-refractivity contribution in [2.75, 3.05) is 14.1 Å². The Balaban J connectivity index is 0.000000191. The van der Waals surface area contributed by atoms with E-state index in [1.165, 1.54) is 50.4 Å². The molecule has 9 aromatic rings. The molecule has 11 heteroatoms. The van der Waals surface area contributed by atoms with Gasteiger partial charge >= 0.3 is 12.0 Å². The van der Waals surface area contributed by atoms with Crippen LogP contribution in [0.4, 0.5) is 9.18 Å². The molecule has 67 heavy (non-hydrogen) atoms. The van der Waals surface area contributed by atoms with E-state index >= 15 is 0 Å². The molecular formula is C56H48BFN4O4S. The fourth-order valence-corrected chi connectivity index (χ4v) is 10.7. The van der Waals surface area contributed by atoms with Crippen LogP contribution in [-0.4, -0.2) is 52.1 Å². The zero-order valence-electron chi connectivity index (χ0n) is 37.4. The maximum Gasteiger partial charge on any atom is 0.328 e. The summed E-state index contributed by atoms with van der Waals surface area (Å²) in [5.74, 6) is -0.193. The van der Waals surface area contributed by atoms with Crippen LogP contribution < -0.4 is 26.4 Å². The molecule has 0 radical (unpaired) electrons. The van der Waals surface area contributed by atoms with Gasteiger partial charge in [-0.1, -0.05) is 146 Å². The number of nitrogens with zero attached hydrogens (tertiary/aromatic N) is 4. The number of thioether (sulfide) groups is 1. The fraction of sp³-hybridized carbons (Fsp3) is 0.107. The number of benzene rings is 6. The van der Waals surface area contributed by atoms with Gasteiger partial charge in [0.25, 0.3) is 6.73 Å². The quantitative estimate of drug-likeness (QED) is 0.0595. The standard InChI is InChI=1S/C32H28FN4O4S.C24H20B/c1-20(38)41-19-35-13-4-5-23(16-35)31-36-14-12-26(29(36)18-42-31)30(39)27-17-37(32(40)34(2)3)28-15-22(8-11-25(27)28)21-6-9-24(33)10-7-21;1-5-13-21(14-6-1)25(22-15-7-2-8-16-22,23-17-9-3-10-18-23)24-19-11-4-12-20-24/h4-17,31H,18-19H2,1-3H3;1-20H/q+1;-1/t31-;/m1./s1. The van der Waals surface area contributed by atoms with E-state index in [2.05, 4.69) is 126 Å². The maximum atomic E-state index is 14.1. The molecule has 0 unspecified atom stereocenters. The van der Waals surface area contributed by atoms with Crippen LogP contribution >= 0.6 is 11.8 Å². The third kappa shape index (κ3) is 8.86. The summed E-state index contributed by atoms with van der Waals surface area (Å²) >= 11 is 1.71. The number of ketones is 1. The number of fused-ring (bicyclic) bond motifs is 2. The molecule has 3 aromatic heterocycles. The van der Waals surface area contributed by atoms with Gasteiger partial charge in [-0.15, -0.1) is 11.8 Å². The van der Waals surface area contributed by atoms with Gasteiger partial charge in [0.2, 0.25) is 0 Å². The zero-order valence-corrected chi connectivity index (χ0v) is 38.2. The fourth-order valence-electron chi connectivity index (χ4n) is 9.36. The third-order valence-corrected chi connectivity index (χ3v) is 13.8. The van der Waals surface area contributed by atoms with Crippen LogP contribution in [0.3, 0.4) is 0 Å². The van der Waals surface area contributed by atoms with Gasteiger partial charge in [-0.3, -0.25) is 14.2 Å². The van der Waals surface area contributed by atoms with E-state index in [9.17, 15) is 18.8 Å². The van der Waals surface area contributed by atoms with Gasteiger partial charge in [0.1, 0.15) is 17.3 Å². The molecule has 332 valence electrons. The van der Waals surface area contributed by atoms with E-state index in [1.54, 1.807) is 44.2 Å². The van der Waals surface area contributed by atoms with Crippen molar-refractivity contribution in [2.45, 2.75) is 24.8 Å². The molecule has 0 aliphatic carbocycles. The number of esters is 1. The van der Waals surface area contributed by atoms with Gasteiger partial charge in [-0.2, -0.15) is 26.4 Å². The SMILES string of the molecule is CC(=O)OC[n+]1cccc([C@H]2SCc3c(C(=O)c4cn(C(=O)N(C)C)c5cc(-c6ccc(F)cc6)ccc45)ccn32)c1.c1ccc([B-](c2ccccc2)(c2ccccc2)c2ccccc2)cc1. The molecular weight excluding hydrogens is 855 g/mol. The highest BCUT2D eigenvalue weighted by Gasteiger charge is 2.33. The van der Waals surface area contributed by atoms with Crippen molar-refractivity contribution in [3.05, 3.63) is 235 Å². The molecule has 4 heterocycles. The average molecular weight is 903 g/mol. The number of carbonyl (C=O) groups excluding carboxylic acids is 3. The van der Waals surface area contributed by atoms with E-state index in [-0.39, 0.29) is 35.7 Å². The monoisotopic (exact) mass is 902 g/mol. The Bertz CT molecular complexity index is 3030. The van der Waals surface area contributed by atoms with Crippen LogP contribution in [0, 0.1) is 5.82 Å². The van der Waals surface area contributed by atoms with Gasteiger partial charge < -0.3 is 14.2 Å². The Kier molecular flexibility index (Phi) is 12.9. The van der Waals surface area contributed by atoms with Gasteiger partial charge in [0, 0.05) is 73.0 Å². The minimum atomic E-state index is -1.22. The molecule has 0 bridgehead atoms. The smallest absolute Gasteiger partial charge is 0.328 e. The molecule has 1 aliphatic rings. The first-order valence-electron chi connectivity index (χ1n) is 22.1. The molecule has 10 rings (SSSR count). The molecule has 0 spiro atoms. The summed E-state index contributed by atoms with van der Waals surface area (Å²) in [6.45, 7) is 1.50. The number of rotatable bonds is 10. The molecule has 6 aromatic carbocycles. The van der Waals surface area contributed by atoms with E-state index < -0.39 is 6.15 Å². The lowest BCUT2D eigenvalue weighted by Crippen LogP contribution is -2.74. The van der Waals surface area contributed by atoms with Crippen molar-refractivity contribution in [1.29, 1.82) is 0 Å². The van der Waals surface area contributed by atoms with Crippen LogP contribution in [0.2, 0.25) is 0 Å². The summed E-state index contributed by atoms with van der Waals surface area (Å²) in [5.41, 5.74) is 10.5. The summed E-state index contributed by atoms with van der Waals surface area (Å²) in [7, 11) is 3.33. The Labute approximate surface area is 393 Å². The predicted octanol–water partition coefficient (Wildman–Crippen LogP) is 8.68. The van der Waals surface area contributed by atoms with Gasteiger partial charge in [0.05, 0.1) is 5.52 Å². The van der Waals surface area contributed by atoms with E-state index in [4.69, 9.17) is 4.74 Å². The first kappa shape index (κ1) is 44.4. The number of hydrogen-bond donors (Lipinski definition) is 0. The summed E-state index contributed by atoms with van der Waals surface area (Å²) < 4.78 is 24.0. The zero-order chi connectivity index (χ0) is 46.5. The lowest BCUT2D eigenvalue weighted by Gasteiger charge is -2.44. The van der Waals surface area contributed by atoms with Crippen LogP contribution in [0.25, 0.3) is 22.0 Å². The topological polar surface area (TPSA) is 77.4 Å². The van der Waals surface area contributed by atoms with Crippen LogP contribution in [0.1, 0.15) is 39.5 Å². The summed E-state index contributed by atoms with van der Waals surface area (Å²) in [6, 6.07) is 60.8. The van der Waals surface area contributed by atoms with Crippen LogP contribution in [-0.2, 0) is 22.0 Å². The van der Waals surface area contributed by atoms with Crippen molar-refractivity contribution in [3.8, 4) is 11.1 Å². The number of aromatic nitrogens is 3. The number of hydrogen-bond acceptors (Lipinski definition) is 5. The van der Waals surface area contributed by atoms with Crippen molar-refractivity contribution >= 4 is 68.4 Å². The number of ether oxygens (including phenoxy) is 1. The second kappa shape index (κ2) is 19.4. The first-order chi connectivity index (χ1) is 32.6. The minimum absolute atomic E-state index is 0.0405. The Morgan fingerprint density at radius 3 is 1.79 bits per heavy atom.